The summed E-state index contributed by atoms with van der Waals surface area (Å²) in [7, 11) is -4.22. The Morgan fingerprint density at radius 1 is 0.818 bits per heavy atom. The van der Waals surface area contributed by atoms with Gasteiger partial charge in [0.15, 0.2) is 0 Å². The molecular formula is C33H32Cl3N3O4S. The third-order valence-electron chi connectivity index (χ3n) is 6.88. The molecule has 4 aromatic rings. The molecule has 4 aromatic carbocycles. The summed E-state index contributed by atoms with van der Waals surface area (Å²) in [6, 6.07) is 27.3. The monoisotopic (exact) mass is 671 g/mol. The highest BCUT2D eigenvalue weighted by atomic mass is 35.5. The van der Waals surface area contributed by atoms with E-state index in [1.807, 2.05) is 37.3 Å². The Balaban J connectivity index is 1.81. The molecule has 1 unspecified atom stereocenters. The molecule has 44 heavy (non-hydrogen) atoms. The van der Waals surface area contributed by atoms with E-state index in [1.165, 1.54) is 23.1 Å². The van der Waals surface area contributed by atoms with Gasteiger partial charge in [0.1, 0.15) is 12.6 Å². The predicted molar refractivity (Wildman–Crippen MR) is 177 cm³/mol. The lowest BCUT2D eigenvalue weighted by Crippen LogP contribution is -2.53. The molecule has 0 heterocycles. The van der Waals surface area contributed by atoms with Gasteiger partial charge in [-0.15, -0.1) is 0 Å². The maximum absolute atomic E-state index is 14.4. The summed E-state index contributed by atoms with van der Waals surface area (Å²) >= 11 is 18.9. The number of benzene rings is 4. The molecule has 1 atom stereocenters. The van der Waals surface area contributed by atoms with E-state index in [1.54, 1.807) is 54.6 Å². The van der Waals surface area contributed by atoms with E-state index in [0.717, 1.165) is 9.87 Å². The van der Waals surface area contributed by atoms with E-state index in [2.05, 4.69) is 5.32 Å². The number of rotatable bonds is 13. The van der Waals surface area contributed by atoms with Gasteiger partial charge in [0.25, 0.3) is 10.0 Å². The number of nitrogens with zero attached hydrogens (tertiary/aromatic N) is 2. The molecule has 0 radical (unpaired) electrons. The van der Waals surface area contributed by atoms with Gasteiger partial charge in [-0.05, 0) is 60.0 Å². The van der Waals surface area contributed by atoms with Crippen molar-refractivity contribution < 1.29 is 18.0 Å². The zero-order chi connectivity index (χ0) is 31.7. The Morgan fingerprint density at radius 2 is 1.48 bits per heavy atom. The molecule has 0 saturated heterocycles. The topological polar surface area (TPSA) is 86.8 Å². The quantitative estimate of drug-likeness (QED) is 0.166. The van der Waals surface area contributed by atoms with Crippen molar-refractivity contribution >= 4 is 62.3 Å². The van der Waals surface area contributed by atoms with Crippen molar-refractivity contribution in [1.29, 1.82) is 0 Å². The Hall–Kier alpha value is -3.56. The molecule has 0 fully saturated rings. The first kappa shape index (κ1) is 33.3. The number of amides is 2. The highest BCUT2D eigenvalue weighted by molar-refractivity contribution is 7.92. The smallest absolute Gasteiger partial charge is 0.264 e. The van der Waals surface area contributed by atoms with Crippen LogP contribution in [0.15, 0.2) is 108 Å². The van der Waals surface area contributed by atoms with E-state index in [4.69, 9.17) is 34.8 Å². The average Bonchev–Trinajstić information content (AvgIpc) is 3.02. The second-order valence-corrected chi connectivity index (χ2v) is 13.2. The second-order valence-electron chi connectivity index (χ2n) is 10.1. The third-order valence-corrected chi connectivity index (χ3v) is 9.49. The van der Waals surface area contributed by atoms with Gasteiger partial charge < -0.3 is 10.2 Å². The van der Waals surface area contributed by atoms with Crippen LogP contribution in [0.2, 0.25) is 15.1 Å². The molecular weight excluding hydrogens is 641 g/mol. The first-order valence-electron chi connectivity index (χ1n) is 14.0. The summed E-state index contributed by atoms with van der Waals surface area (Å²) in [4.78, 5) is 29.5. The first-order valence-corrected chi connectivity index (χ1v) is 16.6. The Morgan fingerprint density at radius 3 is 2.11 bits per heavy atom. The number of halogens is 3. The van der Waals surface area contributed by atoms with Crippen molar-refractivity contribution in [2.75, 3.05) is 17.4 Å². The molecule has 4 rings (SSSR count). The van der Waals surface area contributed by atoms with Crippen LogP contribution in [0.1, 0.15) is 24.5 Å². The van der Waals surface area contributed by atoms with Crippen LogP contribution in [0.4, 0.5) is 5.69 Å². The standard InChI is InChI=1S/C33H32Cl3N3O4S/c1-2-18-37-33(41)31(19-24-10-5-3-6-11-24)38(22-25-16-17-27(35)21-30(25)36)32(40)23-39(28-13-9-12-26(34)20-28)44(42,43)29-14-7-4-8-15-29/h3-17,20-21,31H,2,18-19,22-23H2,1H3,(H,37,41). The minimum atomic E-state index is -4.22. The van der Waals surface area contributed by atoms with Crippen LogP contribution >= 0.6 is 34.8 Å². The first-order chi connectivity index (χ1) is 21.1. The van der Waals surface area contributed by atoms with Gasteiger partial charge in [-0.3, -0.25) is 13.9 Å². The molecule has 1 N–H and O–H groups in total. The Labute approximate surface area is 273 Å². The molecule has 11 heteroatoms. The van der Waals surface area contributed by atoms with Crippen molar-refractivity contribution in [2.45, 2.75) is 37.2 Å². The summed E-state index contributed by atoms with van der Waals surface area (Å²) in [5.74, 6) is -0.975. The average molecular weight is 673 g/mol. The van der Waals surface area contributed by atoms with Crippen LogP contribution in [-0.2, 0) is 32.6 Å². The van der Waals surface area contributed by atoms with Crippen molar-refractivity contribution in [3.8, 4) is 0 Å². The largest absolute Gasteiger partial charge is 0.354 e. The maximum atomic E-state index is 14.4. The van der Waals surface area contributed by atoms with Crippen LogP contribution in [0, 0.1) is 0 Å². The summed E-state index contributed by atoms with van der Waals surface area (Å²) in [6.07, 6.45) is 0.883. The van der Waals surface area contributed by atoms with Crippen LogP contribution in [0.3, 0.4) is 0 Å². The van der Waals surface area contributed by atoms with Gasteiger partial charge >= 0.3 is 0 Å². The summed E-state index contributed by atoms with van der Waals surface area (Å²) in [5, 5.41) is 3.94. The minimum Gasteiger partial charge on any atom is -0.354 e. The number of carbonyl (C=O) groups is 2. The molecule has 7 nitrogen and oxygen atoms in total. The molecule has 0 bridgehead atoms. The second kappa shape index (κ2) is 15.4. The number of carbonyl (C=O) groups excluding carboxylic acids is 2. The molecule has 230 valence electrons. The number of nitrogens with one attached hydrogen (secondary N) is 1. The number of hydrogen-bond acceptors (Lipinski definition) is 4. The van der Waals surface area contributed by atoms with Crippen LogP contribution in [-0.4, -0.2) is 44.3 Å². The zero-order valence-electron chi connectivity index (χ0n) is 24.0. The lowest BCUT2D eigenvalue weighted by Gasteiger charge is -2.34. The van der Waals surface area contributed by atoms with Gasteiger partial charge in [0.2, 0.25) is 11.8 Å². The van der Waals surface area contributed by atoms with E-state index in [-0.39, 0.29) is 29.5 Å². The molecule has 0 saturated carbocycles. The van der Waals surface area contributed by atoms with Gasteiger partial charge in [-0.1, -0.05) is 102 Å². The summed E-state index contributed by atoms with van der Waals surface area (Å²) in [6.45, 7) is 1.67. The molecule has 0 spiro atoms. The molecule has 0 aliphatic heterocycles. The van der Waals surface area contributed by atoms with Gasteiger partial charge in [0.05, 0.1) is 10.6 Å². The summed E-state index contributed by atoms with van der Waals surface area (Å²) in [5.41, 5.74) is 1.58. The van der Waals surface area contributed by atoms with E-state index in [0.29, 0.717) is 33.6 Å². The Kier molecular flexibility index (Phi) is 11.7. The Bertz CT molecular complexity index is 1690. The number of hydrogen-bond donors (Lipinski definition) is 1. The fraction of sp³-hybridized carbons (Fsp3) is 0.212. The van der Waals surface area contributed by atoms with E-state index in [9.17, 15) is 18.0 Å². The zero-order valence-corrected chi connectivity index (χ0v) is 27.1. The summed E-state index contributed by atoms with van der Waals surface area (Å²) < 4.78 is 29.0. The van der Waals surface area contributed by atoms with Crippen LogP contribution in [0.25, 0.3) is 0 Å². The number of anilines is 1. The lowest BCUT2D eigenvalue weighted by molar-refractivity contribution is -0.140. The molecule has 2 amide bonds. The molecule has 0 aromatic heterocycles. The van der Waals surface area contributed by atoms with Gasteiger partial charge in [-0.2, -0.15) is 0 Å². The van der Waals surface area contributed by atoms with Crippen molar-refractivity contribution in [2.24, 2.45) is 0 Å². The molecule has 0 aliphatic carbocycles. The third kappa shape index (κ3) is 8.54. The maximum Gasteiger partial charge on any atom is 0.264 e. The van der Waals surface area contributed by atoms with Crippen LogP contribution in [0.5, 0.6) is 0 Å². The lowest BCUT2D eigenvalue weighted by atomic mass is 10.0. The molecule has 0 aliphatic rings. The van der Waals surface area contributed by atoms with Gasteiger partial charge in [-0.25, -0.2) is 8.42 Å². The van der Waals surface area contributed by atoms with Crippen molar-refractivity contribution in [3.05, 3.63) is 129 Å². The highest BCUT2D eigenvalue weighted by Gasteiger charge is 2.35. The fourth-order valence-electron chi connectivity index (χ4n) is 4.63. The van der Waals surface area contributed by atoms with E-state index < -0.39 is 28.5 Å². The highest BCUT2D eigenvalue weighted by Crippen LogP contribution is 2.28. The number of sulfonamides is 1. The predicted octanol–water partition coefficient (Wildman–Crippen LogP) is 7.01. The SMILES string of the molecule is CCCNC(=O)C(Cc1ccccc1)N(Cc1ccc(Cl)cc1Cl)C(=O)CN(c1cccc(Cl)c1)S(=O)(=O)c1ccccc1. The normalized spacial score (nSPS) is 11.9. The van der Waals surface area contributed by atoms with E-state index >= 15 is 0 Å². The fourth-order valence-corrected chi connectivity index (χ4v) is 6.71. The van der Waals surface area contributed by atoms with Crippen molar-refractivity contribution in [3.63, 3.8) is 0 Å². The van der Waals surface area contributed by atoms with Crippen molar-refractivity contribution in [1.82, 2.24) is 10.2 Å². The van der Waals surface area contributed by atoms with Crippen LogP contribution < -0.4 is 9.62 Å². The minimum absolute atomic E-state index is 0.00148. The van der Waals surface area contributed by atoms with Gasteiger partial charge in [0, 0.05) is 34.6 Å².